The van der Waals surface area contributed by atoms with Crippen LogP contribution in [0.4, 0.5) is 0 Å². The molecule has 0 saturated heterocycles. The summed E-state index contributed by atoms with van der Waals surface area (Å²) >= 11 is 9.41. The van der Waals surface area contributed by atoms with E-state index in [0.29, 0.717) is 0 Å². The average molecular weight is 337 g/mol. The number of rotatable bonds is 3. The van der Waals surface area contributed by atoms with Crippen LogP contribution >= 0.6 is 27.5 Å². The van der Waals surface area contributed by atoms with Crippen LogP contribution in [0.5, 0.6) is 0 Å². The molecule has 0 unspecified atom stereocenters. The molecule has 0 atom stereocenters. The third kappa shape index (κ3) is 2.65. The van der Waals surface area contributed by atoms with Crippen molar-refractivity contribution in [1.82, 2.24) is 15.0 Å². The normalized spacial score (nSPS) is 11.1. The van der Waals surface area contributed by atoms with Gasteiger partial charge in [0.05, 0.1) is 11.1 Å². The number of aromatic nitrogens is 3. The highest BCUT2D eigenvalue weighted by Gasteiger charge is 2.09. The number of aryl methyl sites for hydroxylation is 2. The molecule has 3 rings (SSSR count). The van der Waals surface area contributed by atoms with Crippen molar-refractivity contribution in [3.63, 3.8) is 0 Å². The zero-order valence-corrected chi connectivity index (χ0v) is 12.4. The van der Waals surface area contributed by atoms with Gasteiger partial charge in [0, 0.05) is 15.7 Å². The van der Waals surface area contributed by atoms with Crippen LogP contribution in [0.15, 0.2) is 41.3 Å². The molecule has 0 saturated carbocycles. The van der Waals surface area contributed by atoms with Crippen molar-refractivity contribution < 1.29 is 0 Å². The van der Waals surface area contributed by atoms with Crippen molar-refractivity contribution in [3.05, 3.63) is 57.5 Å². The Balaban J connectivity index is 1.85. The molecule has 3 aromatic rings. The molecule has 0 spiro atoms. The van der Waals surface area contributed by atoms with E-state index in [1.54, 1.807) is 6.33 Å². The molecule has 5 heteroatoms. The van der Waals surface area contributed by atoms with E-state index in [1.165, 1.54) is 5.56 Å². The number of benzene rings is 1. The van der Waals surface area contributed by atoms with E-state index in [4.69, 9.17) is 11.6 Å². The molecule has 0 amide bonds. The minimum atomic E-state index is 0.765. The van der Waals surface area contributed by atoms with Gasteiger partial charge in [-0.2, -0.15) is 0 Å². The first-order valence-corrected chi connectivity index (χ1v) is 7.12. The van der Waals surface area contributed by atoms with Gasteiger partial charge >= 0.3 is 0 Å². The van der Waals surface area contributed by atoms with E-state index < -0.39 is 0 Å². The fraction of sp³-hybridized carbons (Fsp3) is 0.143. The molecule has 0 aliphatic heterocycles. The monoisotopic (exact) mass is 335 g/mol. The highest BCUT2D eigenvalue weighted by atomic mass is 79.9. The topological polar surface area (TPSA) is 41.6 Å². The van der Waals surface area contributed by atoms with Crippen LogP contribution < -0.4 is 0 Å². The summed E-state index contributed by atoms with van der Waals surface area (Å²) in [5.41, 5.74) is 3.17. The molecule has 2 aromatic heterocycles. The summed E-state index contributed by atoms with van der Waals surface area (Å²) in [6, 6.07) is 7.93. The van der Waals surface area contributed by atoms with Crippen LogP contribution in [0.1, 0.15) is 11.3 Å². The predicted molar refractivity (Wildman–Crippen MR) is 80.4 cm³/mol. The molecule has 1 N–H and O–H groups in total. The molecule has 0 radical (unpaired) electrons. The SMILES string of the molecule is Clc1ccc(CCc2ncnc3[nH]cc(Br)c23)cc1. The van der Waals surface area contributed by atoms with Gasteiger partial charge in [-0.25, -0.2) is 9.97 Å². The highest BCUT2D eigenvalue weighted by molar-refractivity contribution is 9.10. The van der Waals surface area contributed by atoms with Crippen molar-refractivity contribution in [2.45, 2.75) is 12.8 Å². The Morgan fingerprint density at radius 1 is 1.11 bits per heavy atom. The first-order valence-electron chi connectivity index (χ1n) is 5.95. The molecule has 0 aliphatic carbocycles. The van der Waals surface area contributed by atoms with E-state index in [9.17, 15) is 0 Å². The molecule has 96 valence electrons. The number of hydrogen-bond acceptors (Lipinski definition) is 2. The Bertz CT molecular complexity index is 706. The van der Waals surface area contributed by atoms with Crippen molar-refractivity contribution in [2.24, 2.45) is 0 Å². The zero-order valence-electron chi connectivity index (χ0n) is 10.0. The van der Waals surface area contributed by atoms with Crippen molar-refractivity contribution >= 4 is 38.6 Å². The number of halogens is 2. The molecule has 0 aliphatic rings. The summed E-state index contributed by atoms with van der Waals surface area (Å²) in [5.74, 6) is 0. The average Bonchev–Trinajstić information content (AvgIpc) is 2.81. The van der Waals surface area contributed by atoms with Gasteiger partial charge in [0.2, 0.25) is 0 Å². The first kappa shape index (κ1) is 12.6. The van der Waals surface area contributed by atoms with Gasteiger partial charge in [0.1, 0.15) is 12.0 Å². The van der Waals surface area contributed by atoms with Crippen LogP contribution in [0.25, 0.3) is 11.0 Å². The summed E-state index contributed by atoms with van der Waals surface area (Å²) in [4.78, 5) is 11.7. The summed E-state index contributed by atoms with van der Waals surface area (Å²) in [7, 11) is 0. The van der Waals surface area contributed by atoms with Gasteiger partial charge in [-0.15, -0.1) is 0 Å². The molecular formula is C14H11BrClN3. The Morgan fingerprint density at radius 3 is 2.68 bits per heavy atom. The molecule has 2 heterocycles. The van der Waals surface area contributed by atoms with E-state index >= 15 is 0 Å². The lowest BCUT2D eigenvalue weighted by atomic mass is 10.1. The molecule has 3 nitrogen and oxygen atoms in total. The number of hydrogen-bond donors (Lipinski definition) is 1. The van der Waals surface area contributed by atoms with E-state index in [0.717, 1.165) is 39.1 Å². The van der Waals surface area contributed by atoms with E-state index in [2.05, 4.69) is 30.9 Å². The van der Waals surface area contributed by atoms with Crippen LogP contribution in [0, 0.1) is 0 Å². The lowest BCUT2D eigenvalue weighted by Gasteiger charge is -2.03. The summed E-state index contributed by atoms with van der Waals surface area (Å²) < 4.78 is 1.01. The lowest BCUT2D eigenvalue weighted by molar-refractivity contribution is 0.916. The first-order chi connectivity index (χ1) is 9.24. The Hall–Kier alpha value is -1.39. The number of nitrogens with one attached hydrogen (secondary N) is 1. The van der Waals surface area contributed by atoms with E-state index in [1.807, 2.05) is 30.5 Å². The van der Waals surface area contributed by atoms with Crippen molar-refractivity contribution in [1.29, 1.82) is 0 Å². The number of aromatic amines is 1. The lowest BCUT2D eigenvalue weighted by Crippen LogP contribution is -1.96. The Morgan fingerprint density at radius 2 is 1.89 bits per heavy atom. The van der Waals surface area contributed by atoms with E-state index in [-0.39, 0.29) is 0 Å². The third-order valence-corrected chi connectivity index (χ3v) is 3.94. The van der Waals surface area contributed by atoms with Gasteiger partial charge in [-0.3, -0.25) is 0 Å². The maximum absolute atomic E-state index is 5.88. The van der Waals surface area contributed by atoms with Crippen molar-refractivity contribution in [2.75, 3.05) is 0 Å². The summed E-state index contributed by atoms with van der Waals surface area (Å²) in [6.45, 7) is 0. The minimum absolute atomic E-state index is 0.765. The molecule has 0 bridgehead atoms. The van der Waals surface area contributed by atoms with Gasteiger partial charge in [-0.05, 0) is 46.5 Å². The minimum Gasteiger partial charge on any atom is -0.345 e. The quantitative estimate of drug-likeness (QED) is 0.780. The Labute approximate surface area is 124 Å². The van der Waals surface area contributed by atoms with Crippen LogP contribution in [-0.2, 0) is 12.8 Å². The van der Waals surface area contributed by atoms with Gasteiger partial charge < -0.3 is 4.98 Å². The fourth-order valence-electron chi connectivity index (χ4n) is 2.09. The van der Waals surface area contributed by atoms with Crippen molar-refractivity contribution in [3.8, 4) is 0 Å². The van der Waals surface area contributed by atoms with Crippen LogP contribution in [0.3, 0.4) is 0 Å². The second kappa shape index (κ2) is 5.31. The number of H-pyrrole nitrogens is 1. The fourth-order valence-corrected chi connectivity index (χ4v) is 2.75. The van der Waals surface area contributed by atoms with Gasteiger partial charge in [-0.1, -0.05) is 23.7 Å². The van der Waals surface area contributed by atoms with Crippen LogP contribution in [0.2, 0.25) is 5.02 Å². The molecule has 0 fully saturated rings. The molecule has 1 aromatic carbocycles. The largest absolute Gasteiger partial charge is 0.345 e. The number of fused-ring (bicyclic) bond motifs is 1. The summed E-state index contributed by atoms with van der Waals surface area (Å²) in [6.07, 6.45) is 5.30. The smallest absolute Gasteiger partial charge is 0.142 e. The second-order valence-electron chi connectivity index (χ2n) is 4.31. The molecular weight excluding hydrogens is 326 g/mol. The zero-order chi connectivity index (χ0) is 13.2. The summed E-state index contributed by atoms with van der Waals surface area (Å²) in [5, 5.41) is 1.83. The second-order valence-corrected chi connectivity index (χ2v) is 5.60. The Kier molecular flexibility index (Phi) is 3.53. The standard InChI is InChI=1S/C14H11BrClN3/c15-11-7-17-14-13(11)12(18-8-19-14)6-3-9-1-4-10(16)5-2-9/h1-2,4-5,7-8H,3,6H2,(H,17,18,19). The molecule has 19 heavy (non-hydrogen) atoms. The third-order valence-electron chi connectivity index (χ3n) is 3.06. The number of nitrogens with zero attached hydrogens (tertiary/aromatic N) is 2. The highest BCUT2D eigenvalue weighted by Crippen LogP contribution is 2.25. The van der Waals surface area contributed by atoms with Crippen LogP contribution in [-0.4, -0.2) is 15.0 Å². The predicted octanol–water partition coefficient (Wildman–Crippen LogP) is 4.16. The van der Waals surface area contributed by atoms with Gasteiger partial charge in [0.15, 0.2) is 0 Å². The maximum atomic E-state index is 5.88. The maximum Gasteiger partial charge on any atom is 0.142 e. The van der Waals surface area contributed by atoms with Gasteiger partial charge in [0.25, 0.3) is 0 Å².